The number of carboxylic acids is 1. The van der Waals surface area contributed by atoms with Crippen LogP contribution in [-0.2, 0) is 0 Å². The van der Waals surface area contributed by atoms with Crippen LogP contribution in [0.4, 0.5) is 10.5 Å². The minimum absolute atomic E-state index is 0.0764. The highest BCUT2D eigenvalue weighted by molar-refractivity contribution is 6.34. The summed E-state index contributed by atoms with van der Waals surface area (Å²) in [4.78, 5) is 25.1. The van der Waals surface area contributed by atoms with Crippen LogP contribution in [0.25, 0.3) is 0 Å². The van der Waals surface area contributed by atoms with E-state index < -0.39 is 5.97 Å². The standard InChI is InChI=1S/C14H19ClN2O3/c1-4-9(3)17(5-2)14(20)16-11-8-6-7-10(15)12(11)13(18)19/h6-9H,4-5H2,1-3H3,(H,16,20)(H,18,19). The third-order valence-corrected chi connectivity index (χ3v) is 3.51. The summed E-state index contributed by atoms with van der Waals surface area (Å²) in [6, 6.07) is 4.35. The largest absolute Gasteiger partial charge is 0.478 e. The van der Waals surface area contributed by atoms with Gasteiger partial charge in [0.2, 0.25) is 0 Å². The summed E-state index contributed by atoms with van der Waals surface area (Å²) in [7, 11) is 0. The molecule has 1 rings (SSSR count). The molecule has 1 atom stereocenters. The first-order valence-electron chi connectivity index (χ1n) is 6.51. The molecule has 6 heteroatoms. The first-order chi connectivity index (χ1) is 9.42. The molecule has 2 N–H and O–H groups in total. The Hall–Kier alpha value is -1.75. The number of benzene rings is 1. The number of nitrogens with one attached hydrogen (secondary N) is 1. The van der Waals surface area contributed by atoms with Gasteiger partial charge in [0.25, 0.3) is 0 Å². The first kappa shape index (κ1) is 16.3. The number of rotatable bonds is 5. The van der Waals surface area contributed by atoms with Crippen molar-refractivity contribution in [1.82, 2.24) is 4.90 Å². The molecule has 0 saturated carbocycles. The maximum absolute atomic E-state index is 12.2. The molecule has 0 saturated heterocycles. The van der Waals surface area contributed by atoms with Crippen molar-refractivity contribution in [2.24, 2.45) is 0 Å². The molecule has 0 heterocycles. The van der Waals surface area contributed by atoms with Crippen molar-refractivity contribution in [2.75, 3.05) is 11.9 Å². The van der Waals surface area contributed by atoms with Gasteiger partial charge in [-0.1, -0.05) is 24.6 Å². The highest BCUT2D eigenvalue weighted by Gasteiger charge is 2.20. The molecule has 0 aromatic heterocycles. The van der Waals surface area contributed by atoms with E-state index in [1.165, 1.54) is 12.1 Å². The minimum Gasteiger partial charge on any atom is -0.478 e. The molecule has 0 fully saturated rings. The predicted molar refractivity (Wildman–Crippen MR) is 79.6 cm³/mol. The molecule has 1 aromatic carbocycles. The Kier molecular flexibility index (Phi) is 5.82. The number of hydrogen-bond acceptors (Lipinski definition) is 2. The van der Waals surface area contributed by atoms with Crippen molar-refractivity contribution >= 4 is 29.3 Å². The summed E-state index contributed by atoms with van der Waals surface area (Å²) in [6.07, 6.45) is 0.822. The second-order valence-corrected chi connectivity index (χ2v) is 4.85. The molecule has 1 unspecified atom stereocenters. The van der Waals surface area contributed by atoms with Gasteiger partial charge in [-0.3, -0.25) is 0 Å². The summed E-state index contributed by atoms with van der Waals surface area (Å²) in [5, 5.41) is 11.9. The van der Waals surface area contributed by atoms with Gasteiger partial charge < -0.3 is 15.3 Å². The summed E-state index contributed by atoms with van der Waals surface area (Å²) in [5.74, 6) is -1.17. The fraction of sp³-hybridized carbons (Fsp3) is 0.429. The Morgan fingerprint density at radius 2 is 2.05 bits per heavy atom. The highest BCUT2D eigenvalue weighted by atomic mass is 35.5. The van der Waals surface area contributed by atoms with Crippen LogP contribution < -0.4 is 5.32 Å². The number of carboxylic acid groups (broad SMARTS) is 1. The molecule has 0 radical (unpaired) electrons. The molecule has 110 valence electrons. The Balaban J connectivity index is 3.01. The lowest BCUT2D eigenvalue weighted by atomic mass is 10.1. The van der Waals surface area contributed by atoms with E-state index in [-0.39, 0.29) is 28.3 Å². The molecular formula is C14H19ClN2O3. The summed E-state index contributed by atoms with van der Waals surface area (Å²) in [6.45, 7) is 6.35. The average Bonchev–Trinajstić information content (AvgIpc) is 2.38. The van der Waals surface area contributed by atoms with Gasteiger partial charge in [-0.05, 0) is 32.4 Å². The minimum atomic E-state index is -1.17. The van der Waals surface area contributed by atoms with Gasteiger partial charge >= 0.3 is 12.0 Å². The van der Waals surface area contributed by atoms with Crippen LogP contribution in [0.3, 0.4) is 0 Å². The molecule has 2 amide bonds. The van der Waals surface area contributed by atoms with Gasteiger partial charge in [0, 0.05) is 12.6 Å². The Labute approximate surface area is 123 Å². The molecular weight excluding hydrogens is 280 g/mol. The Bertz CT molecular complexity index is 505. The lowest BCUT2D eigenvalue weighted by Gasteiger charge is -2.27. The number of hydrogen-bond donors (Lipinski definition) is 2. The van der Waals surface area contributed by atoms with Crippen molar-refractivity contribution in [3.8, 4) is 0 Å². The molecule has 5 nitrogen and oxygen atoms in total. The van der Waals surface area contributed by atoms with Crippen LogP contribution in [0, 0.1) is 0 Å². The first-order valence-corrected chi connectivity index (χ1v) is 6.89. The van der Waals surface area contributed by atoms with E-state index >= 15 is 0 Å². The van der Waals surface area contributed by atoms with Crippen LogP contribution in [0.2, 0.25) is 5.02 Å². The number of urea groups is 1. The van der Waals surface area contributed by atoms with E-state index in [0.29, 0.717) is 6.54 Å². The quantitative estimate of drug-likeness (QED) is 0.871. The number of carbonyl (C=O) groups is 2. The van der Waals surface area contributed by atoms with Crippen molar-refractivity contribution in [3.63, 3.8) is 0 Å². The fourth-order valence-corrected chi connectivity index (χ4v) is 2.16. The molecule has 0 aliphatic rings. The third-order valence-electron chi connectivity index (χ3n) is 3.19. The van der Waals surface area contributed by atoms with Gasteiger partial charge in [-0.2, -0.15) is 0 Å². The van der Waals surface area contributed by atoms with E-state index in [2.05, 4.69) is 5.32 Å². The second-order valence-electron chi connectivity index (χ2n) is 4.44. The van der Waals surface area contributed by atoms with Gasteiger partial charge in [-0.25, -0.2) is 9.59 Å². The van der Waals surface area contributed by atoms with Crippen LogP contribution in [-0.4, -0.2) is 34.6 Å². The van der Waals surface area contributed by atoms with Gasteiger partial charge in [0.05, 0.1) is 10.7 Å². The molecule has 1 aromatic rings. The monoisotopic (exact) mass is 298 g/mol. The predicted octanol–water partition coefficient (Wildman–Crippen LogP) is 3.69. The average molecular weight is 299 g/mol. The van der Waals surface area contributed by atoms with Gasteiger partial charge in [0.15, 0.2) is 0 Å². The molecule has 20 heavy (non-hydrogen) atoms. The highest BCUT2D eigenvalue weighted by Crippen LogP contribution is 2.24. The lowest BCUT2D eigenvalue weighted by molar-refractivity contribution is 0.0698. The second kappa shape index (κ2) is 7.14. The molecule has 0 spiro atoms. The number of nitrogens with zero attached hydrogens (tertiary/aromatic N) is 1. The molecule has 0 aliphatic carbocycles. The van der Waals surface area contributed by atoms with Crippen LogP contribution in [0.5, 0.6) is 0 Å². The summed E-state index contributed by atoms with van der Waals surface area (Å²) >= 11 is 5.87. The van der Waals surface area contributed by atoms with Crippen molar-refractivity contribution in [1.29, 1.82) is 0 Å². The Morgan fingerprint density at radius 3 is 2.55 bits per heavy atom. The maximum atomic E-state index is 12.2. The third kappa shape index (κ3) is 3.63. The Morgan fingerprint density at radius 1 is 1.40 bits per heavy atom. The lowest BCUT2D eigenvalue weighted by Crippen LogP contribution is -2.41. The summed E-state index contributed by atoms with van der Waals surface area (Å²) in [5.41, 5.74) is 0.111. The van der Waals surface area contributed by atoms with Crippen molar-refractivity contribution < 1.29 is 14.7 Å². The number of halogens is 1. The van der Waals surface area contributed by atoms with Gasteiger partial charge in [-0.15, -0.1) is 0 Å². The molecule has 0 bridgehead atoms. The van der Waals surface area contributed by atoms with E-state index in [4.69, 9.17) is 16.7 Å². The van der Waals surface area contributed by atoms with E-state index in [9.17, 15) is 9.59 Å². The smallest absolute Gasteiger partial charge is 0.339 e. The summed E-state index contributed by atoms with van der Waals surface area (Å²) < 4.78 is 0. The normalized spacial score (nSPS) is 11.8. The number of anilines is 1. The van der Waals surface area contributed by atoms with E-state index in [1.54, 1.807) is 11.0 Å². The zero-order valence-corrected chi connectivity index (χ0v) is 12.6. The molecule has 0 aliphatic heterocycles. The number of amides is 2. The van der Waals surface area contributed by atoms with E-state index in [0.717, 1.165) is 6.42 Å². The number of aromatic carboxylic acids is 1. The fourth-order valence-electron chi connectivity index (χ4n) is 1.91. The van der Waals surface area contributed by atoms with Crippen LogP contribution in [0.1, 0.15) is 37.6 Å². The number of carbonyl (C=O) groups excluding carboxylic acids is 1. The SMILES string of the molecule is CCC(C)N(CC)C(=O)Nc1cccc(Cl)c1C(=O)O. The van der Waals surface area contributed by atoms with Crippen LogP contribution >= 0.6 is 11.6 Å². The topological polar surface area (TPSA) is 69.6 Å². The van der Waals surface area contributed by atoms with Gasteiger partial charge in [0.1, 0.15) is 5.56 Å². The zero-order valence-electron chi connectivity index (χ0n) is 11.8. The van der Waals surface area contributed by atoms with Crippen LogP contribution in [0.15, 0.2) is 18.2 Å². The zero-order chi connectivity index (χ0) is 15.3. The van der Waals surface area contributed by atoms with Crippen molar-refractivity contribution in [3.05, 3.63) is 28.8 Å². The van der Waals surface area contributed by atoms with Crippen molar-refractivity contribution in [2.45, 2.75) is 33.2 Å². The van der Waals surface area contributed by atoms with E-state index in [1.807, 2.05) is 20.8 Å². The maximum Gasteiger partial charge on any atom is 0.339 e.